The summed E-state index contributed by atoms with van der Waals surface area (Å²) in [5, 5.41) is 6.68. The molecule has 0 saturated heterocycles. The number of nitrogens with two attached hydrogens (primary N) is 1. The van der Waals surface area contributed by atoms with Crippen molar-refractivity contribution in [3.05, 3.63) is 70.4 Å². The molecular formula is C15H14ClNS. The van der Waals surface area contributed by atoms with Gasteiger partial charge in [0.15, 0.2) is 0 Å². The van der Waals surface area contributed by atoms with Gasteiger partial charge in [0, 0.05) is 0 Å². The lowest BCUT2D eigenvalue weighted by atomic mass is 9.99. The number of hydrogen-bond acceptors (Lipinski definition) is 2. The van der Waals surface area contributed by atoms with Crippen LogP contribution in [0.5, 0.6) is 0 Å². The summed E-state index contributed by atoms with van der Waals surface area (Å²) in [7, 11) is 0. The van der Waals surface area contributed by atoms with Crippen molar-refractivity contribution in [2.24, 2.45) is 5.73 Å². The molecule has 0 spiro atoms. The summed E-state index contributed by atoms with van der Waals surface area (Å²) in [5.41, 5.74) is 8.61. The Hall–Kier alpha value is -1.35. The predicted octanol–water partition coefficient (Wildman–Crippen LogP) is 4.37. The Bertz CT molecular complexity index is 634. The molecule has 3 aromatic rings. The van der Waals surface area contributed by atoms with Crippen molar-refractivity contribution >= 4 is 34.5 Å². The Morgan fingerprint density at radius 1 is 0.889 bits per heavy atom. The third-order valence-corrected chi connectivity index (χ3v) is 3.74. The monoisotopic (exact) mass is 275 g/mol. The van der Waals surface area contributed by atoms with E-state index in [1.54, 1.807) is 11.3 Å². The van der Waals surface area contributed by atoms with Gasteiger partial charge in [0.1, 0.15) is 0 Å². The lowest BCUT2D eigenvalue weighted by Crippen LogP contribution is -2.10. The molecule has 0 aliphatic heterocycles. The summed E-state index contributed by atoms with van der Waals surface area (Å²) in [4.78, 5) is 0. The highest BCUT2D eigenvalue weighted by Crippen LogP contribution is 2.24. The summed E-state index contributed by atoms with van der Waals surface area (Å²) in [6.45, 7) is 0. The fourth-order valence-electron chi connectivity index (χ4n) is 2.05. The van der Waals surface area contributed by atoms with Gasteiger partial charge < -0.3 is 5.73 Å². The molecule has 1 nitrogen and oxygen atoms in total. The second kappa shape index (κ2) is 5.53. The highest BCUT2D eigenvalue weighted by Gasteiger charge is 2.09. The van der Waals surface area contributed by atoms with E-state index in [2.05, 4.69) is 59.3 Å². The zero-order valence-corrected chi connectivity index (χ0v) is 11.4. The topological polar surface area (TPSA) is 26.0 Å². The fraction of sp³-hybridized carbons (Fsp3) is 0.0667. The minimum atomic E-state index is -0.0224. The van der Waals surface area contributed by atoms with Crippen molar-refractivity contribution in [3.8, 4) is 0 Å². The van der Waals surface area contributed by atoms with Crippen molar-refractivity contribution in [1.29, 1.82) is 0 Å². The molecule has 0 bridgehead atoms. The van der Waals surface area contributed by atoms with Gasteiger partial charge in [-0.05, 0) is 44.8 Å². The molecule has 1 atom stereocenters. The van der Waals surface area contributed by atoms with Crippen LogP contribution in [0.4, 0.5) is 0 Å². The smallest absolute Gasteiger partial charge is 0.0560 e. The van der Waals surface area contributed by atoms with Crippen LogP contribution in [0.25, 0.3) is 10.8 Å². The van der Waals surface area contributed by atoms with Crippen LogP contribution in [0.3, 0.4) is 0 Å². The summed E-state index contributed by atoms with van der Waals surface area (Å²) in [6.07, 6.45) is 0. The number of thiophene rings is 1. The predicted molar refractivity (Wildman–Crippen MR) is 81.5 cm³/mol. The van der Waals surface area contributed by atoms with Crippen molar-refractivity contribution in [2.45, 2.75) is 6.04 Å². The van der Waals surface area contributed by atoms with E-state index in [0.717, 1.165) is 0 Å². The van der Waals surface area contributed by atoms with Crippen LogP contribution < -0.4 is 5.73 Å². The Labute approximate surface area is 117 Å². The zero-order valence-electron chi connectivity index (χ0n) is 9.74. The molecule has 3 rings (SSSR count). The van der Waals surface area contributed by atoms with Gasteiger partial charge in [0.2, 0.25) is 0 Å². The molecule has 0 radical (unpaired) electrons. The van der Waals surface area contributed by atoms with Crippen LogP contribution in [0.1, 0.15) is 17.2 Å². The standard InChI is InChI=1S/C15H13NS.ClH/c16-15(14-7-8-17-10-14)13-6-5-11-3-1-2-4-12(11)9-13;/h1-10,15H,16H2;1H/t15-;/m1./s1. The molecule has 0 saturated carbocycles. The summed E-state index contributed by atoms with van der Waals surface area (Å²) in [5.74, 6) is 0. The van der Waals surface area contributed by atoms with Crippen LogP contribution in [-0.2, 0) is 0 Å². The summed E-state index contributed by atoms with van der Waals surface area (Å²) < 4.78 is 0. The largest absolute Gasteiger partial charge is 0.320 e. The number of fused-ring (bicyclic) bond motifs is 1. The zero-order chi connectivity index (χ0) is 11.7. The van der Waals surface area contributed by atoms with Gasteiger partial charge in [-0.1, -0.05) is 36.4 Å². The van der Waals surface area contributed by atoms with Crippen molar-refractivity contribution in [2.75, 3.05) is 0 Å². The molecule has 92 valence electrons. The van der Waals surface area contributed by atoms with Crippen molar-refractivity contribution < 1.29 is 0 Å². The second-order valence-electron chi connectivity index (χ2n) is 4.14. The van der Waals surface area contributed by atoms with Gasteiger partial charge in [0.25, 0.3) is 0 Å². The Balaban J connectivity index is 0.00000120. The molecule has 2 N–H and O–H groups in total. The Morgan fingerprint density at radius 2 is 1.67 bits per heavy atom. The van der Waals surface area contributed by atoms with E-state index >= 15 is 0 Å². The molecular weight excluding hydrogens is 262 g/mol. The molecule has 0 unspecified atom stereocenters. The minimum Gasteiger partial charge on any atom is -0.320 e. The molecule has 1 aromatic heterocycles. The first-order valence-electron chi connectivity index (χ1n) is 5.61. The van der Waals surface area contributed by atoms with E-state index in [9.17, 15) is 0 Å². The summed E-state index contributed by atoms with van der Waals surface area (Å²) >= 11 is 1.69. The number of benzene rings is 2. The highest BCUT2D eigenvalue weighted by molar-refractivity contribution is 7.08. The Kier molecular flexibility index (Phi) is 4.02. The normalized spacial score (nSPS) is 12.1. The molecule has 0 aliphatic rings. The minimum absolute atomic E-state index is 0. The molecule has 0 aliphatic carbocycles. The molecule has 18 heavy (non-hydrogen) atoms. The van der Waals surface area contributed by atoms with E-state index in [1.165, 1.54) is 21.9 Å². The van der Waals surface area contributed by atoms with E-state index < -0.39 is 0 Å². The Morgan fingerprint density at radius 3 is 2.39 bits per heavy atom. The number of hydrogen-bond donors (Lipinski definition) is 1. The van der Waals surface area contributed by atoms with Gasteiger partial charge in [-0.15, -0.1) is 12.4 Å². The van der Waals surface area contributed by atoms with Crippen LogP contribution in [0.15, 0.2) is 59.3 Å². The van der Waals surface area contributed by atoms with Gasteiger partial charge in [-0.25, -0.2) is 0 Å². The molecule has 3 heteroatoms. The first kappa shape index (κ1) is 13.1. The van der Waals surface area contributed by atoms with Crippen LogP contribution in [0, 0.1) is 0 Å². The van der Waals surface area contributed by atoms with Gasteiger partial charge in [0.05, 0.1) is 6.04 Å². The van der Waals surface area contributed by atoms with E-state index in [4.69, 9.17) is 5.73 Å². The number of halogens is 1. The molecule has 2 aromatic carbocycles. The average Bonchev–Trinajstić information content (AvgIpc) is 2.91. The molecule has 1 heterocycles. The molecule has 0 amide bonds. The first-order chi connectivity index (χ1) is 8.34. The second-order valence-corrected chi connectivity index (χ2v) is 4.92. The van der Waals surface area contributed by atoms with Crippen molar-refractivity contribution in [3.63, 3.8) is 0 Å². The SMILES string of the molecule is Cl.N[C@@H](c1ccsc1)c1ccc2ccccc2c1. The lowest BCUT2D eigenvalue weighted by Gasteiger charge is -2.11. The average molecular weight is 276 g/mol. The van der Waals surface area contributed by atoms with E-state index in [-0.39, 0.29) is 18.4 Å². The lowest BCUT2D eigenvalue weighted by molar-refractivity contribution is 0.879. The van der Waals surface area contributed by atoms with Crippen molar-refractivity contribution in [1.82, 2.24) is 0 Å². The maximum Gasteiger partial charge on any atom is 0.0560 e. The third kappa shape index (κ3) is 2.41. The first-order valence-corrected chi connectivity index (χ1v) is 6.55. The van der Waals surface area contributed by atoms with Gasteiger partial charge >= 0.3 is 0 Å². The third-order valence-electron chi connectivity index (χ3n) is 3.03. The quantitative estimate of drug-likeness (QED) is 0.738. The van der Waals surface area contributed by atoms with Gasteiger partial charge in [-0.3, -0.25) is 0 Å². The fourth-order valence-corrected chi connectivity index (χ4v) is 2.74. The maximum absolute atomic E-state index is 6.26. The molecule has 0 fully saturated rings. The van der Waals surface area contributed by atoms with Crippen LogP contribution >= 0.6 is 23.7 Å². The van der Waals surface area contributed by atoms with Crippen LogP contribution in [0.2, 0.25) is 0 Å². The van der Waals surface area contributed by atoms with Gasteiger partial charge in [-0.2, -0.15) is 11.3 Å². The maximum atomic E-state index is 6.26. The van der Waals surface area contributed by atoms with E-state index in [0.29, 0.717) is 0 Å². The van der Waals surface area contributed by atoms with E-state index in [1.807, 2.05) is 0 Å². The van der Waals surface area contributed by atoms with Crippen LogP contribution in [-0.4, -0.2) is 0 Å². The summed E-state index contributed by atoms with van der Waals surface area (Å²) in [6, 6.07) is 16.9. The number of rotatable bonds is 2. The highest BCUT2D eigenvalue weighted by atomic mass is 35.5.